The van der Waals surface area contributed by atoms with Crippen LogP contribution in [0.3, 0.4) is 0 Å². The smallest absolute Gasteiger partial charge is 0.335 e. The normalized spacial score (nSPS) is 10.1. The van der Waals surface area contributed by atoms with Crippen LogP contribution in [0.5, 0.6) is 0 Å². The van der Waals surface area contributed by atoms with E-state index in [9.17, 15) is 9.59 Å². The maximum atomic E-state index is 12.0. The van der Waals surface area contributed by atoms with Gasteiger partial charge in [-0.1, -0.05) is 29.3 Å². The predicted octanol–water partition coefficient (Wildman–Crippen LogP) is 3.94. The molecule has 4 nitrogen and oxygen atoms in total. The SMILES string of the molecule is O=C(O)c1ccc(NC(=O)c2cccc(Cl)c2Cl)cc1. The Morgan fingerprint density at radius 3 is 2.25 bits per heavy atom. The van der Waals surface area contributed by atoms with Gasteiger partial charge in [0, 0.05) is 5.69 Å². The van der Waals surface area contributed by atoms with E-state index in [1.807, 2.05) is 0 Å². The molecule has 0 saturated heterocycles. The molecule has 102 valence electrons. The molecule has 0 bridgehead atoms. The summed E-state index contributed by atoms with van der Waals surface area (Å²) in [5.74, 6) is -1.44. The van der Waals surface area contributed by atoms with Gasteiger partial charge in [0.2, 0.25) is 0 Å². The monoisotopic (exact) mass is 309 g/mol. The minimum Gasteiger partial charge on any atom is -0.478 e. The lowest BCUT2D eigenvalue weighted by atomic mass is 10.2. The molecule has 2 rings (SSSR count). The highest BCUT2D eigenvalue weighted by Crippen LogP contribution is 2.26. The Bertz CT molecular complexity index is 669. The molecule has 20 heavy (non-hydrogen) atoms. The van der Waals surface area contributed by atoms with Crippen LogP contribution >= 0.6 is 23.2 Å². The molecule has 0 atom stereocenters. The van der Waals surface area contributed by atoms with Crippen molar-refractivity contribution in [3.8, 4) is 0 Å². The van der Waals surface area contributed by atoms with E-state index in [1.165, 1.54) is 24.3 Å². The largest absolute Gasteiger partial charge is 0.478 e. The van der Waals surface area contributed by atoms with Crippen molar-refractivity contribution in [1.29, 1.82) is 0 Å². The molecule has 0 unspecified atom stereocenters. The first-order valence-corrected chi connectivity index (χ1v) is 6.33. The Morgan fingerprint density at radius 1 is 1.00 bits per heavy atom. The number of halogens is 2. The third-order valence-electron chi connectivity index (χ3n) is 2.59. The van der Waals surface area contributed by atoms with Crippen LogP contribution in [-0.2, 0) is 0 Å². The standard InChI is InChI=1S/C14H9Cl2NO3/c15-11-3-1-2-10(12(11)16)13(18)17-9-6-4-8(5-7-9)14(19)20/h1-7H,(H,17,18)(H,19,20). The molecule has 2 N–H and O–H groups in total. The van der Waals surface area contributed by atoms with Gasteiger partial charge in [-0.15, -0.1) is 0 Å². The molecule has 0 saturated carbocycles. The molecule has 0 fully saturated rings. The number of carboxylic acid groups (broad SMARTS) is 1. The van der Waals surface area contributed by atoms with E-state index in [4.69, 9.17) is 28.3 Å². The molecule has 0 aliphatic heterocycles. The summed E-state index contributed by atoms with van der Waals surface area (Å²) in [6.07, 6.45) is 0. The second-order valence-corrected chi connectivity index (χ2v) is 4.72. The fraction of sp³-hybridized carbons (Fsp3) is 0. The van der Waals surface area contributed by atoms with Crippen LogP contribution in [0.1, 0.15) is 20.7 Å². The van der Waals surface area contributed by atoms with E-state index in [1.54, 1.807) is 18.2 Å². The second kappa shape index (κ2) is 5.94. The Hall–Kier alpha value is -2.04. The average Bonchev–Trinajstić information content (AvgIpc) is 2.42. The quantitative estimate of drug-likeness (QED) is 0.902. The van der Waals surface area contributed by atoms with E-state index >= 15 is 0 Å². The van der Waals surface area contributed by atoms with Crippen LogP contribution in [0.4, 0.5) is 5.69 Å². The van der Waals surface area contributed by atoms with E-state index < -0.39 is 11.9 Å². The summed E-state index contributed by atoms with van der Waals surface area (Å²) in [5.41, 5.74) is 0.862. The van der Waals surface area contributed by atoms with Crippen molar-refractivity contribution in [1.82, 2.24) is 0 Å². The third kappa shape index (κ3) is 3.10. The summed E-state index contributed by atoms with van der Waals surface area (Å²) in [7, 11) is 0. The van der Waals surface area contributed by atoms with Crippen molar-refractivity contribution < 1.29 is 14.7 Å². The van der Waals surface area contributed by atoms with Crippen molar-refractivity contribution in [2.45, 2.75) is 0 Å². The van der Waals surface area contributed by atoms with Crippen LogP contribution < -0.4 is 5.32 Å². The first-order chi connectivity index (χ1) is 9.49. The lowest BCUT2D eigenvalue weighted by molar-refractivity contribution is 0.0696. The Balaban J connectivity index is 2.19. The number of carbonyl (C=O) groups is 2. The summed E-state index contributed by atoms with van der Waals surface area (Å²) in [4.78, 5) is 22.8. The number of rotatable bonds is 3. The minimum atomic E-state index is -1.03. The molecule has 2 aromatic carbocycles. The number of anilines is 1. The molecule has 2 aromatic rings. The van der Waals surface area contributed by atoms with Gasteiger partial charge in [0.25, 0.3) is 5.91 Å². The number of nitrogens with one attached hydrogen (secondary N) is 1. The number of carbonyl (C=O) groups excluding carboxylic acids is 1. The van der Waals surface area contributed by atoms with Crippen molar-refractivity contribution in [3.05, 3.63) is 63.6 Å². The van der Waals surface area contributed by atoms with Gasteiger partial charge in [-0.3, -0.25) is 4.79 Å². The minimum absolute atomic E-state index is 0.142. The Labute approximate surface area is 124 Å². The summed E-state index contributed by atoms with van der Waals surface area (Å²) in [5, 5.41) is 11.9. The molecule has 1 amide bonds. The number of hydrogen-bond donors (Lipinski definition) is 2. The number of carboxylic acids is 1. The van der Waals surface area contributed by atoms with Crippen LogP contribution in [0.25, 0.3) is 0 Å². The molecule has 0 aromatic heterocycles. The fourth-order valence-electron chi connectivity index (χ4n) is 1.57. The van der Waals surface area contributed by atoms with Gasteiger partial charge in [0.05, 0.1) is 21.2 Å². The topological polar surface area (TPSA) is 66.4 Å². The zero-order chi connectivity index (χ0) is 14.7. The first kappa shape index (κ1) is 14.4. The predicted molar refractivity (Wildman–Crippen MR) is 77.8 cm³/mol. The Morgan fingerprint density at radius 2 is 1.65 bits per heavy atom. The van der Waals surface area contributed by atoms with Gasteiger partial charge in [-0.25, -0.2) is 4.79 Å². The third-order valence-corrected chi connectivity index (χ3v) is 3.40. The summed E-state index contributed by atoms with van der Waals surface area (Å²) in [6, 6.07) is 10.6. The van der Waals surface area contributed by atoms with Crippen molar-refractivity contribution >= 4 is 40.8 Å². The fourth-order valence-corrected chi connectivity index (χ4v) is 1.96. The molecule has 0 radical (unpaired) electrons. The Kier molecular flexibility index (Phi) is 4.27. The molecule has 0 heterocycles. The van der Waals surface area contributed by atoms with E-state index in [0.29, 0.717) is 10.7 Å². The lowest BCUT2D eigenvalue weighted by Crippen LogP contribution is -2.12. The van der Waals surface area contributed by atoms with Crippen molar-refractivity contribution in [2.75, 3.05) is 5.32 Å². The van der Waals surface area contributed by atoms with Crippen molar-refractivity contribution in [2.24, 2.45) is 0 Å². The summed E-state index contributed by atoms with van der Waals surface area (Å²) < 4.78 is 0. The van der Waals surface area contributed by atoms with Crippen LogP contribution in [-0.4, -0.2) is 17.0 Å². The zero-order valence-corrected chi connectivity index (χ0v) is 11.6. The summed E-state index contributed by atoms with van der Waals surface area (Å²) in [6.45, 7) is 0. The molecule has 0 aliphatic rings. The van der Waals surface area contributed by atoms with Crippen molar-refractivity contribution in [3.63, 3.8) is 0 Å². The van der Waals surface area contributed by atoms with Gasteiger partial charge >= 0.3 is 5.97 Å². The van der Waals surface area contributed by atoms with Crippen LogP contribution in [0, 0.1) is 0 Å². The molecule has 0 spiro atoms. The van der Waals surface area contributed by atoms with Gasteiger partial charge in [0.15, 0.2) is 0 Å². The number of amides is 1. The van der Waals surface area contributed by atoms with Crippen LogP contribution in [0.2, 0.25) is 10.0 Å². The van der Waals surface area contributed by atoms with E-state index in [-0.39, 0.29) is 16.1 Å². The highest BCUT2D eigenvalue weighted by molar-refractivity contribution is 6.44. The average molecular weight is 310 g/mol. The molecular weight excluding hydrogens is 301 g/mol. The number of hydrogen-bond acceptors (Lipinski definition) is 2. The van der Waals surface area contributed by atoms with E-state index in [2.05, 4.69) is 5.32 Å². The molecule has 6 heteroatoms. The summed E-state index contributed by atoms with van der Waals surface area (Å²) >= 11 is 11.8. The second-order valence-electron chi connectivity index (χ2n) is 3.94. The van der Waals surface area contributed by atoms with Gasteiger partial charge in [-0.05, 0) is 36.4 Å². The zero-order valence-electron chi connectivity index (χ0n) is 10.1. The maximum Gasteiger partial charge on any atom is 0.335 e. The first-order valence-electron chi connectivity index (χ1n) is 5.58. The lowest BCUT2D eigenvalue weighted by Gasteiger charge is -2.07. The van der Waals surface area contributed by atoms with Gasteiger partial charge in [-0.2, -0.15) is 0 Å². The van der Waals surface area contributed by atoms with Crippen LogP contribution in [0.15, 0.2) is 42.5 Å². The van der Waals surface area contributed by atoms with Gasteiger partial charge in [0.1, 0.15) is 0 Å². The van der Waals surface area contributed by atoms with E-state index in [0.717, 1.165) is 0 Å². The maximum absolute atomic E-state index is 12.0. The molecule has 0 aliphatic carbocycles. The number of benzene rings is 2. The highest BCUT2D eigenvalue weighted by atomic mass is 35.5. The van der Waals surface area contributed by atoms with Gasteiger partial charge < -0.3 is 10.4 Å². The number of aromatic carboxylic acids is 1. The molecular formula is C14H9Cl2NO3. The highest BCUT2D eigenvalue weighted by Gasteiger charge is 2.13.